The van der Waals surface area contributed by atoms with Gasteiger partial charge >= 0.3 is 0 Å². The number of amides is 1. The molecule has 0 atom stereocenters. The summed E-state index contributed by atoms with van der Waals surface area (Å²) in [5.74, 6) is -0.623. The molecular weight excluding hydrogens is 565 g/mol. The van der Waals surface area contributed by atoms with E-state index in [1.807, 2.05) is 18.2 Å². The van der Waals surface area contributed by atoms with Crippen molar-refractivity contribution >= 4 is 34.4 Å². The Morgan fingerprint density at radius 3 is 2.65 bits per heavy atom. The number of nitrogens with zero attached hydrogens (tertiary/aromatic N) is 4. The Balaban J connectivity index is 1.26. The second kappa shape index (κ2) is 10.1. The predicted molar refractivity (Wildman–Crippen MR) is 167 cm³/mol. The fourth-order valence-electron chi connectivity index (χ4n) is 6.84. The first-order valence-corrected chi connectivity index (χ1v) is 15.4. The van der Waals surface area contributed by atoms with E-state index in [0.717, 1.165) is 37.2 Å². The molecule has 222 valence electrons. The first-order chi connectivity index (χ1) is 20.5. The molecule has 43 heavy (non-hydrogen) atoms. The maximum Gasteiger partial charge on any atom is 0.293 e. The molecule has 0 unspecified atom stereocenters. The molecule has 1 amide bonds. The molecule has 0 saturated carbocycles. The number of thiophene rings is 1. The molecule has 3 aliphatic rings. The van der Waals surface area contributed by atoms with Gasteiger partial charge in [0.1, 0.15) is 5.82 Å². The molecule has 1 aliphatic carbocycles. The lowest BCUT2D eigenvalue weighted by Gasteiger charge is -2.30. The van der Waals surface area contributed by atoms with Crippen LogP contribution < -0.4 is 15.8 Å². The lowest BCUT2D eigenvalue weighted by atomic mass is 9.89. The molecule has 8 nitrogen and oxygen atoms in total. The molecule has 0 radical (unpaired) electrons. The topological polar surface area (TPSA) is 90.7 Å². The van der Waals surface area contributed by atoms with Gasteiger partial charge < -0.3 is 19.9 Å². The Kier molecular flexibility index (Phi) is 6.57. The third kappa shape index (κ3) is 4.77. The zero-order chi connectivity index (χ0) is 30.2. The van der Waals surface area contributed by atoms with Gasteiger partial charge in [0.2, 0.25) is 0 Å². The number of hydrogen-bond acceptors (Lipinski definition) is 7. The molecule has 2 N–H and O–H groups in total. The second-order valence-corrected chi connectivity index (χ2v) is 13.9. The van der Waals surface area contributed by atoms with Crippen LogP contribution in [-0.2, 0) is 46.0 Å². The summed E-state index contributed by atoms with van der Waals surface area (Å²) in [5, 5.41) is 13.7. The van der Waals surface area contributed by atoms with Crippen LogP contribution in [-0.4, -0.2) is 39.1 Å². The van der Waals surface area contributed by atoms with Crippen molar-refractivity contribution in [2.75, 3.05) is 23.8 Å². The highest BCUT2D eigenvalue weighted by Gasteiger charge is 2.38. The molecule has 0 saturated heterocycles. The van der Waals surface area contributed by atoms with Gasteiger partial charge in [0.05, 0.1) is 22.9 Å². The zero-order valence-electron chi connectivity index (χ0n) is 24.8. The third-order valence-electron chi connectivity index (χ3n) is 8.86. The van der Waals surface area contributed by atoms with Gasteiger partial charge in [-0.3, -0.25) is 14.5 Å². The summed E-state index contributed by atoms with van der Waals surface area (Å²) in [6, 6.07) is 8.60. The number of carbonyl (C=O) groups is 1. The number of nitrogens with one attached hydrogen (secondary N) is 1. The number of fused-ring (bicyclic) bond motifs is 4. The first-order valence-electron chi connectivity index (χ1n) is 14.6. The van der Waals surface area contributed by atoms with Crippen molar-refractivity contribution in [3.05, 3.63) is 90.3 Å². The number of aromatic nitrogens is 2. The Labute approximate surface area is 253 Å². The summed E-state index contributed by atoms with van der Waals surface area (Å²) in [5.41, 5.74) is 6.84. The summed E-state index contributed by atoms with van der Waals surface area (Å²) in [7, 11) is 3.67. The van der Waals surface area contributed by atoms with Gasteiger partial charge in [-0.05, 0) is 78.2 Å². The summed E-state index contributed by atoms with van der Waals surface area (Å²) in [6.45, 7) is 6.18. The Bertz CT molecular complexity index is 1880. The number of aliphatic hydroxyl groups excluding tert-OH is 1. The van der Waals surface area contributed by atoms with Crippen molar-refractivity contribution in [2.24, 2.45) is 12.5 Å². The Hall–Kier alpha value is -3.86. The van der Waals surface area contributed by atoms with E-state index in [2.05, 4.69) is 36.1 Å². The fourth-order valence-corrected chi connectivity index (χ4v) is 8.42. The minimum Gasteiger partial charge on any atom is -0.392 e. The van der Waals surface area contributed by atoms with Crippen molar-refractivity contribution < 1.29 is 14.3 Å². The van der Waals surface area contributed by atoms with Gasteiger partial charge in [0, 0.05) is 54.6 Å². The van der Waals surface area contributed by atoms with Crippen LogP contribution >= 0.6 is 11.3 Å². The number of rotatable bonds is 5. The lowest BCUT2D eigenvalue weighted by molar-refractivity contribution is 0.0984. The molecule has 0 bridgehead atoms. The molecule has 7 rings (SSSR count). The number of aliphatic hydroxyl groups is 1. The Morgan fingerprint density at radius 2 is 1.86 bits per heavy atom. The van der Waals surface area contributed by atoms with Crippen LogP contribution in [0.3, 0.4) is 0 Å². The van der Waals surface area contributed by atoms with E-state index in [1.165, 1.54) is 44.5 Å². The van der Waals surface area contributed by atoms with Crippen LogP contribution in [0, 0.1) is 11.2 Å². The average molecular weight is 600 g/mol. The van der Waals surface area contributed by atoms with Crippen LogP contribution in [0.2, 0.25) is 0 Å². The zero-order valence-corrected chi connectivity index (χ0v) is 25.6. The number of benzene rings is 2. The molecule has 2 aromatic carbocycles. The van der Waals surface area contributed by atoms with E-state index in [0.29, 0.717) is 40.4 Å². The van der Waals surface area contributed by atoms with Crippen molar-refractivity contribution in [1.82, 2.24) is 14.5 Å². The molecule has 0 spiro atoms. The largest absolute Gasteiger partial charge is 0.392 e. The van der Waals surface area contributed by atoms with Gasteiger partial charge in [-0.1, -0.05) is 19.9 Å². The van der Waals surface area contributed by atoms with Gasteiger partial charge in [-0.25, -0.2) is 9.37 Å². The first kappa shape index (κ1) is 27.9. The molecular formula is C33H34FN5O3S. The molecule has 2 aromatic heterocycles. The number of aryl methyl sites for hydroxylation is 1. The molecule has 0 fully saturated rings. The molecule has 2 aliphatic heterocycles. The third-order valence-corrected chi connectivity index (χ3v) is 10.1. The minimum absolute atomic E-state index is 0.0933. The number of halogens is 1. The SMILES string of the molecule is CN1Cc2ccc(Nc3nc(-c4cc(F)cc(N5CCc6c(sc7c6CC(C)(C)C7)C5=O)c4CO)cn(C)c3=O)cc2C1. The molecule has 4 heterocycles. The summed E-state index contributed by atoms with van der Waals surface area (Å²) in [4.78, 5) is 37.3. The summed E-state index contributed by atoms with van der Waals surface area (Å²) >= 11 is 1.56. The van der Waals surface area contributed by atoms with Crippen LogP contribution in [0.15, 0.2) is 41.3 Å². The van der Waals surface area contributed by atoms with Crippen LogP contribution in [0.5, 0.6) is 0 Å². The highest BCUT2D eigenvalue weighted by Crippen LogP contribution is 2.46. The smallest absolute Gasteiger partial charge is 0.293 e. The fraction of sp³-hybridized carbons (Fsp3) is 0.364. The maximum absolute atomic E-state index is 15.3. The molecule has 4 aromatic rings. The van der Waals surface area contributed by atoms with Crippen LogP contribution in [0.25, 0.3) is 11.3 Å². The van der Waals surface area contributed by atoms with E-state index < -0.39 is 12.4 Å². The van der Waals surface area contributed by atoms with E-state index in [-0.39, 0.29) is 22.7 Å². The van der Waals surface area contributed by atoms with Gasteiger partial charge in [0.25, 0.3) is 11.5 Å². The summed E-state index contributed by atoms with van der Waals surface area (Å²) < 4.78 is 16.7. The average Bonchev–Trinajstić information content (AvgIpc) is 3.59. The van der Waals surface area contributed by atoms with Crippen LogP contribution in [0.1, 0.15) is 56.2 Å². The monoisotopic (exact) mass is 599 g/mol. The maximum atomic E-state index is 15.3. The summed E-state index contributed by atoms with van der Waals surface area (Å²) in [6.07, 6.45) is 4.13. The highest BCUT2D eigenvalue weighted by molar-refractivity contribution is 7.14. The van der Waals surface area contributed by atoms with Crippen molar-refractivity contribution in [3.63, 3.8) is 0 Å². The van der Waals surface area contributed by atoms with Crippen molar-refractivity contribution in [1.29, 1.82) is 0 Å². The van der Waals surface area contributed by atoms with Crippen molar-refractivity contribution in [2.45, 2.75) is 52.8 Å². The van der Waals surface area contributed by atoms with E-state index in [4.69, 9.17) is 0 Å². The van der Waals surface area contributed by atoms with Gasteiger partial charge in [-0.2, -0.15) is 0 Å². The molecule has 10 heteroatoms. The number of anilines is 3. The lowest BCUT2D eigenvalue weighted by Crippen LogP contribution is -2.38. The van der Waals surface area contributed by atoms with E-state index in [1.54, 1.807) is 23.3 Å². The number of carbonyl (C=O) groups excluding carboxylic acids is 1. The van der Waals surface area contributed by atoms with E-state index >= 15 is 4.39 Å². The van der Waals surface area contributed by atoms with Crippen molar-refractivity contribution in [3.8, 4) is 11.3 Å². The quantitative estimate of drug-likeness (QED) is 0.330. The van der Waals surface area contributed by atoms with Gasteiger partial charge in [-0.15, -0.1) is 11.3 Å². The second-order valence-electron chi connectivity index (χ2n) is 12.8. The van der Waals surface area contributed by atoms with Crippen LogP contribution in [0.4, 0.5) is 21.6 Å². The number of hydrogen-bond donors (Lipinski definition) is 2. The minimum atomic E-state index is -0.552. The standard InChI is InChI=1S/C33H34FN5O3S/c1-33(2)12-24-22-7-8-39(31(41)29(22)43-28(24)13-33)27-11-20(34)10-23(25(27)17-40)26-16-38(4)32(42)30(36-26)35-21-6-5-18-14-37(3)15-19(18)9-21/h5-6,9-11,16,40H,7-8,12-15,17H2,1-4H3,(H,35,36). The normalized spacial score (nSPS) is 17.3. The predicted octanol–water partition coefficient (Wildman–Crippen LogP) is 5.16. The highest BCUT2D eigenvalue weighted by atomic mass is 32.1. The van der Waals surface area contributed by atoms with E-state index in [9.17, 15) is 14.7 Å². The Morgan fingerprint density at radius 1 is 1.07 bits per heavy atom. The van der Waals surface area contributed by atoms with Gasteiger partial charge in [0.15, 0.2) is 5.82 Å².